The van der Waals surface area contributed by atoms with Gasteiger partial charge in [0.05, 0.1) is 6.10 Å². The first-order valence-electron chi connectivity index (χ1n) is 7.61. The monoisotopic (exact) mass is 316 g/mol. The van der Waals surface area contributed by atoms with E-state index in [1.54, 1.807) is 0 Å². The highest BCUT2D eigenvalue weighted by atomic mass is 19.2. The molecule has 0 fully saturated rings. The van der Waals surface area contributed by atoms with Crippen LogP contribution < -0.4 is 4.74 Å². The van der Waals surface area contributed by atoms with Gasteiger partial charge in [-0.15, -0.1) is 0 Å². The SMILES string of the molecule is CC(C)c1c(F)c(F)c(OC2CC/C=C\CCC2)c(F)c1F. The summed E-state index contributed by atoms with van der Waals surface area (Å²) in [6, 6.07) is 0. The lowest BCUT2D eigenvalue weighted by molar-refractivity contribution is 0.158. The van der Waals surface area contributed by atoms with E-state index in [9.17, 15) is 17.6 Å². The Balaban J connectivity index is 2.33. The molecular formula is C17H20F4O. The highest BCUT2D eigenvalue weighted by Gasteiger charge is 2.29. The Morgan fingerprint density at radius 1 is 0.909 bits per heavy atom. The molecule has 1 unspecified atom stereocenters. The average molecular weight is 316 g/mol. The predicted molar refractivity (Wildman–Crippen MR) is 77.0 cm³/mol. The molecule has 0 heterocycles. The van der Waals surface area contributed by atoms with E-state index in [0.717, 1.165) is 12.8 Å². The average Bonchev–Trinajstić information content (AvgIpc) is 2.43. The van der Waals surface area contributed by atoms with Crippen molar-refractivity contribution >= 4 is 0 Å². The van der Waals surface area contributed by atoms with E-state index in [2.05, 4.69) is 0 Å². The second-order valence-electron chi connectivity index (χ2n) is 5.87. The highest BCUT2D eigenvalue weighted by Crippen LogP contribution is 2.35. The summed E-state index contributed by atoms with van der Waals surface area (Å²) in [5, 5.41) is 0. The van der Waals surface area contributed by atoms with E-state index in [1.165, 1.54) is 13.8 Å². The Kier molecular flexibility index (Phi) is 5.48. The quantitative estimate of drug-likeness (QED) is 0.399. The number of rotatable bonds is 3. The van der Waals surface area contributed by atoms with Gasteiger partial charge in [0.25, 0.3) is 0 Å². The Labute approximate surface area is 128 Å². The Morgan fingerprint density at radius 3 is 2.09 bits per heavy atom. The molecule has 5 heteroatoms. The standard InChI is InChI=1S/C17H20F4O/c1-10(2)12-13(18)15(20)17(16(21)14(12)19)22-11-8-6-4-3-5-7-9-11/h3-4,10-11H,5-9H2,1-2H3/b4-3-. The van der Waals surface area contributed by atoms with Crippen LogP contribution in [-0.4, -0.2) is 6.10 Å². The molecule has 1 aromatic carbocycles. The maximum atomic E-state index is 14.1. The van der Waals surface area contributed by atoms with Crippen LogP contribution in [0.4, 0.5) is 17.6 Å². The molecule has 2 rings (SSSR count). The smallest absolute Gasteiger partial charge is 0.204 e. The van der Waals surface area contributed by atoms with Gasteiger partial charge < -0.3 is 4.74 Å². The molecule has 0 N–H and O–H groups in total. The third kappa shape index (κ3) is 3.45. The lowest BCUT2D eigenvalue weighted by Crippen LogP contribution is -2.20. The van der Waals surface area contributed by atoms with Gasteiger partial charge in [0, 0.05) is 5.56 Å². The van der Waals surface area contributed by atoms with Crippen molar-refractivity contribution in [3.8, 4) is 5.75 Å². The summed E-state index contributed by atoms with van der Waals surface area (Å²) in [6.45, 7) is 2.95. The van der Waals surface area contributed by atoms with Gasteiger partial charge >= 0.3 is 0 Å². The molecule has 0 saturated carbocycles. The molecule has 1 aliphatic carbocycles. The molecule has 0 amide bonds. The molecule has 0 aromatic heterocycles. The number of hydrogen-bond donors (Lipinski definition) is 0. The van der Waals surface area contributed by atoms with Crippen molar-refractivity contribution in [1.82, 2.24) is 0 Å². The van der Waals surface area contributed by atoms with E-state index in [0.29, 0.717) is 19.3 Å². The second kappa shape index (κ2) is 7.16. The summed E-state index contributed by atoms with van der Waals surface area (Å²) in [7, 11) is 0. The third-order valence-electron chi connectivity index (χ3n) is 3.84. The van der Waals surface area contributed by atoms with Crippen molar-refractivity contribution < 1.29 is 22.3 Å². The van der Waals surface area contributed by atoms with Crippen LogP contribution >= 0.6 is 0 Å². The number of hydrogen-bond acceptors (Lipinski definition) is 1. The fourth-order valence-corrected chi connectivity index (χ4v) is 2.65. The van der Waals surface area contributed by atoms with Crippen LogP contribution in [0.5, 0.6) is 5.75 Å². The summed E-state index contributed by atoms with van der Waals surface area (Å²) in [5.74, 6) is -7.22. The number of benzene rings is 1. The molecule has 0 bridgehead atoms. The Morgan fingerprint density at radius 2 is 1.50 bits per heavy atom. The molecule has 0 spiro atoms. The highest BCUT2D eigenvalue weighted by molar-refractivity contribution is 5.36. The van der Waals surface area contributed by atoms with Crippen LogP contribution in [0.3, 0.4) is 0 Å². The molecule has 1 atom stereocenters. The molecule has 0 aliphatic heterocycles. The molecule has 1 aromatic rings. The molecule has 22 heavy (non-hydrogen) atoms. The molecule has 1 nitrogen and oxygen atoms in total. The van der Waals surface area contributed by atoms with E-state index < -0.39 is 46.6 Å². The van der Waals surface area contributed by atoms with E-state index in [4.69, 9.17) is 4.74 Å². The van der Waals surface area contributed by atoms with Crippen molar-refractivity contribution in [3.05, 3.63) is 41.0 Å². The van der Waals surface area contributed by atoms with Gasteiger partial charge in [0.1, 0.15) is 0 Å². The van der Waals surface area contributed by atoms with Crippen molar-refractivity contribution in [2.45, 2.75) is 58.0 Å². The lowest BCUT2D eigenvalue weighted by atomic mass is 10.0. The van der Waals surface area contributed by atoms with Gasteiger partial charge in [-0.05, 0) is 38.0 Å². The summed E-state index contributed by atoms with van der Waals surface area (Å²) < 4.78 is 61.4. The summed E-state index contributed by atoms with van der Waals surface area (Å²) in [5.41, 5.74) is -0.581. The number of halogens is 4. The van der Waals surface area contributed by atoms with Gasteiger partial charge in [-0.25, -0.2) is 8.78 Å². The fourth-order valence-electron chi connectivity index (χ4n) is 2.65. The Bertz CT molecular complexity index is 537. The number of allylic oxidation sites excluding steroid dienone is 2. The van der Waals surface area contributed by atoms with Crippen LogP contribution in [0, 0.1) is 23.3 Å². The molecule has 0 radical (unpaired) electrons. The fraction of sp³-hybridized carbons (Fsp3) is 0.529. The van der Waals surface area contributed by atoms with Gasteiger partial charge in [-0.3, -0.25) is 0 Å². The van der Waals surface area contributed by atoms with E-state index in [1.807, 2.05) is 12.2 Å². The minimum Gasteiger partial charge on any atom is -0.484 e. The lowest BCUT2D eigenvalue weighted by Gasteiger charge is -2.22. The van der Waals surface area contributed by atoms with Crippen molar-refractivity contribution in [3.63, 3.8) is 0 Å². The summed E-state index contributed by atoms with van der Waals surface area (Å²) in [6.07, 6.45) is 7.11. The minimum atomic E-state index is -1.44. The predicted octanol–water partition coefficient (Wildman–Crippen LogP) is 5.63. The molecule has 1 aliphatic rings. The maximum absolute atomic E-state index is 14.1. The van der Waals surface area contributed by atoms with Gasteiger partial charge in [-0.2, -0.15) is 8.78 Å². The van der Waals surface area contributed by atoms with Crippen LogP contribution in [0.2, 0.25) is 0 Å². The third-order valence-corrected chi connectivity index (χ3v) is 3.84. The van der Waals surface area contributed by atoms with Crippen molar-refractivity contribution in [1.29, 1.82) is 0 Å². The normalized spacial score (nSPS) is 20.6. The zero-order valence-electron chi connectivity index (χ0n) is 12.8. The molecule has 0 saturated heterocycles. The zero-order valence-corrected chi connectivity index (χ0v) is 12.8. The summed E-state index contributed by atoms with van der Waals surface area (Å²) in [4.78, 5) is 0. The van der Waals surface area contributed by atoms with Gasteiger partial charge in [0.15, 0.2) is 17.4 Å². The van der Waals surface area contributed by atoms with Crippen molar-refractivity contribution in [2.24, 2.45) is 0 Å². The largest absolute Gasteiger partial charge is 0.484 e. The van der Waals surface area contributed by atoms with Gasteiger partial charge in [-0.1, -0.05) is 26.0 Å². The first-order chi connectivity index (χ1) is 10.4. The topological polar surface area (TPSA) is 9.23 Å². The van der Waals surface area contributed by atoms with Crippen LogP contribution in [-0.2, 0) is 0 Å². The minimum absolute atomic E-state index is 0.447. The van der Waals surface area contributed by atoms with Crippen LogP contribution in [0.1, 0.15) is 57.4 Å². The Hall–Kier alpha value is -1.52. The van der Waals surface area contributed by atoms with E-state index >= 15 is 0 Å². The first kappa shape index (κ1) is 16.8. The second-order valence-corrected chi connectivity index (χ2v) is 5.87. The van der Waals surface area contributed by atoms with Crippen LogP contribution in [0.15, 0.2) is 12.2 Å². The number of ether oxygens (including phenoxy) is 1. The molecular weight excluding hydrogens is 296 g/mol. The first-order valence-corrected chi connectivity index (χ1v) is 7.61. The maximum Gasteiger partial charge on any atom is 0.204 e. The summed E-state index contributed by atoms with van der Waals surface area (Å²) >= 11 is 0. The van der Waals surface area contributed by atoms with Crippen molar-refractivity contribution in [2.75, 3.05) is 0 Å². The van der Waals surface area contributed by atoms with Gasteiger partial charge in [0.2, 0.25) is 11.6 Å². The molecule has 122 valence electrons. The zero-order chi connectivity index (χ0) is 16.3. The van der Waals surface area contributed by atoms with E-state index in [-0.39, 0.29) is 0 Å². The van der Waals surface area contributed by atoms with Crippen LogP contribution in [0.25, 0.3) is 0 Å².